The predicted octanol–water partition coefficient (Wildman–Crippen LogP) is 4.57. The van der Waals surface area contributed by atoms with E-state index < -0.39 is 11.6 Å². The first kappa shape index (κ1) is 18.7. The number of amides is 1. The third-order valence-electron chi connectivity index (χ3n) is 5.57. The monoisotopic (exact) mass is 406 g/mol. The number of fused-ring (bicyclic) bond motifs is 2. The van der Waals surface area contributed by atoms with E-state index in [1.165, 1.54) is 18.2 Å². The highest BCUT2D eigenvalue weighted by Crippen LogP contribution is 2.36. The Kier molecular flexibility index (Phi) is 4.13. The summed E-state index contributed by atoms with van der Waals surface area (Å²) in [4.78, 5) is 16.8. The molecule has 1 amide bonds. The van der Waals surface area contributed by atoms with E-state index in [9.17, 15) is 13.6 Å². The Morgan fingerprint density at radius 3 is 2.63 bits per heavy atom. The van der Waals surface area contributed by atoms with Crippen LogP contribution in [0.4, 0.5) is 8.78 Å². The highest BCUT2D eigenvalue weighted by Gasteiger charge is 2.31. The third-order valence-corrected chi connectivity index (χ3v) is 5.57. The highest BCUT2D eigenvalue weighted by molar-refractivity contribution is 5.99. The van der Waals surface area contributed by atoms with Crippen LogP contribution in [0.5, 0.6) is 5.75 Å². The molecule has 3 aromatic rings. The van der Waals surface area contributed by atoms with Gasteiger partial charge >= 0.3 is 0 Å². The molecule has 152 valence electrons. The molecule has 0 saturated heterocycles. The van der Waals surface area contributed by atoms with Gasteiger partial charge in [-0.1, -0.05) is 18.2 Å². The van der Waals surface area contributed by atoms with Gasteiger partial charge in [0.1, 0.15) is 23.0 Å². The van der Waals surface area contributed by atoms with E-state index in [1.54, 1.807) is 6.07 Å². The molecule has 1 aromatic heterocycles. The van der Waals surface area contributed by atoms with E-state index in [0.717, 1.165) is 23.3 Å². The van der Waals surface area contributed by atoms with Crippen molar-refractivity contribution in [3.63, 3.8) is 0 Å². The van der Waals surface area contributed by atoms with Crippen LogP contribution in [0.2, 0.25) is 0 Å². The lowest BCUT2D eigenvalue weighted by Gasteiger charge is -2.17. The Hall–Kier alpha value is -3.28. The predicted molar refractivity (Wildman–Crippen MR) is 108 cm³/mol. The summed E-state index contributed by atoms with van der Waals surface area (Å²) in [6.07, 6.45) is 1.27. The van der Waals surface area contributed by atoms with Crippen LogP contribution in [0, 0.1) is 11.6 Å². The molecule has 0 saturated carbocycles. The molecule has 0 radical (unpaired) electrons. The van der Waals surface area contributed by atoms with Crippen molar-refractivity contribution in [2.75, 3.05) is 0 Å². The number of nitrogens with zero attached hydrogens (tertiary/aromatic N) is 1. The van der Waals surface area contributed by atoms with E-state index >= 15 is 0 Å². The number of hydrogen-bond acceptors (Lipinski definition) is 3. The molecule has 2 aliphatic rings. The highest BCUT2D eigenvalue weighted by atomic mass is 19.1. The van der Waals surface area contributed by atoms with Gasteiger partial charge in [0.15, 0.2) is 0 Å². The Labute approximate surface area is 172 Å². The first-order valence-corrected chi connectivity index (χ1v) is 9.87. The van der Waals surface area contributed by atoms with Gasteiger partial charge in [-0.3, -0.25) is 4.79 Å². The molecular weight excluding hydrogens is 386 g/mol. The maximum atomic E-state index is 14.4. The zero-order chi connectivity index (χ0) is 21.0. The summed E-state index contributed by atoms with van der Waals surface area (Å²) in [5.74, 6) is -0.739. The number of benzene rings is 2. The number of pyridine rings is 1. The van der Waals surface area contributed by atoms with Crippen molar-refractivity contribution in [2.24, 2.45) is 0 Å². The van der Waals surface area contributed by atoms with Gasteiger partial charge in [0.2, 0.25) is 0 Å². The summed E-state index contributed by atoms with van der Waals surface area (Å²) >= 11 is 0. The molecule has 4 nitrogen and oxygen atoms in total. The van der Waals surface area contributed by atoms with Crippen molar-refractivity contribution < 1.29 is 18.3 Å². The average molecular weight is 406 g/mol. The van der Waals surface area contributed by atoms with Gasteiger partial charge in [-0.25, -0.2) is 13.8 Å². The molecule has 0 aliphatic carbocycles. The van der Waals surface area contributed by atoms with E-state index in [0.29, 0.717) is 23.2 Å². The topological polar surface area (TPSA) is 51.2 Å². The van der Waals surface area contributed by atoms with Crippen LogP contribution in [0.1, 0.15) is 46.6 Å². The zero-order valence-electron chi connectivity index (χ0n) is 16.7. The van der Waals surface area contributed by atoms with Crippen LogP contribution < -0.4 is 10.1 Å². The first-order valence-electron chi connectivity index (χ1n) is 9.87. The number of nitrogens with one attached hydrogen (secondary N) is 1. The van der Waals surface area contributed by atoms with Gasteiger partial charge in [0.05, 0.1) is 29.1 Å². The number of halogens is 2. The summed E-state index contributed by atoms with van der Waals surface area (Å²) in [6.45, 7) is 4.33. The Balaban J connectivity index is 1.59. The van der Waals surface area contributed by atoms with Gasteiger partial charge in [0, 0.05) is 6.42 Å². The standard InChI is InChI=1S/C24H20F2N2O2/c1-24(2)11-14-7-6-13(9-20(14)30-24)8-15-10-18(22-16(25)4-3-5-17(22)26)28-19-12-27-23(29)21(15)19/h3-7,9-10H,8,11-12H2,1-2H3,(H,27,29). The molecule has 1 N–H and O–H groups in total. The van der Waals surface area contributed by atoms with Gasteiger partial charge < -0.3 is 10.1 Å². The lowest BCUT2D eigenvalue weighted by molar-refractivity contribution is 0.0965. The fraction of sp³-hybridized carbons (Fsp3) is 0.250. The van der Waals surface area contributed by atoms with E-state index in [4.69, 9.17) is 4.74 Å². The second kappa shape index (κ2) is 6.62. The van der Waals surface area contributed by atoms with Crippen LogP contribution in [0.15, 0.2) is 42.5 Å². The van der Waals surface area contributed by atoms with Gasteiger partial charge in [-0.05, 0) is 61.2 Å². The molecule has 0 spiro atoms. The van der Waals surface area contributed by atoms with E-state index in [1.807, 2.05) is 32.0 Å². The number of hydrogen-bond donors (Lipinski definition) is 1. The van der Waals surface area contributed by atoms with Crippen LogP contribution >= 0.6 is 0 Å². The molecule has 2 aromatic carbocycles. The van der Waals surface area contributed by atoms with Crippen molar-refractivity contribution in [1.29, 1.82) is 0 Å². The smallest absolute Gasteiger partial charge is 0.253 e. The molecule has 0 fully saturated rings. The number of ether oxygens (including phenoxy) is 1. The normalized spacial score (nSPS) is 16.1. The van der Waals surface area contributed by atoms with Crippen LogP contribution in [-0.4, -0.2) is 16.5 Å². The molecule has 0 atom stereocenters. The molecule has 3 heterocycles. The maximum absolute atomic E-state index is 14.4. The molecule has 30 heavy (non-hydrogen) atoms. The quantitative estimate of drug-likeness (QED) is 0.693. The largest absolute Gasteiger partial charge is 0.487 e. The number of carbonyl (C=O) groups is 1. The minimum absolute atomic E-state index is 0.181. The minimum Gasteiger partial charge on any atom is -0.487 e. The Morgan fingerprint density at radius 1 is 1.10 bits per heavy atom. The average Bonchev–Trinajstić information content (AvgIpc) is 3.19. The fourth-order valence-corrected chi connectivity index (χ4v) is 4.29. The molecule has 0 bridgehead atoms. The zero-order valence-corrected chi connectivity index (χ0v) is 16.7. The van der Waals surface area contributed by atoms with Crippen molar-refractivity contribution in [3.8, 4) is 17.0 Å². The van der Waals surface area contributed by atoms with Gasteiger partial charge in [-0.15, -0.1) is 0 Å². The van der Waals surface area contributed by atoms with Gasteiger partial charge in [0.25, 0.3) is 5.91 Å². The van der Waals surface area contributed by atoms with Crippen molar-refractivity contribution >= 4 is 5.91 Å². The van der Waals surface area contributed by atoms with Crippen LogP contribution in [-0.2, 0) is 19.4 Å². The second-order valence-electron chi connectivity index (χ2n) is 8.43. The summed E-state index contributed by atoms with van der Waals surface area (Å²) in [6, 6.07) is 11.4. The number of carbonyl (C=O) groups excluding carboxylic acids is 1. The van der Waals surface area contributed by atoms with Crippen molar-refractivity contribution in [2.45, 2.75) is 38.8 Å². The van der Waals surface area contributed by atoms with E-state index in [2.05, 4.69) is 10.3 Å². The maximum Gasteiger partial charge on any atom is 0.253 e. The molecule has 6 heteroatoms. The number of rotatable bonds is 3. The lowest BCUT2D eigenvalue weighted by atomic mass is 9.95. The minimum atomic E-state index is -0.682. The summed E-state index contributed by atoms with van der Waals surface area (Å²) in [5.41, 5.74) is 3.55. The first-order chi connectivity index (χ1) is 14.3. The van der Waals surface area contributed by atoms with Gasteiger partial charge in [-0.2, -0.15) is 0 Å². The number of aromatic nitrogens is 1. The SMILES string of the molecule is CC1(C)Cc2ccc(Cc3cc(-c4c(F)cccc4F)nc4c3C(=O)NC4)cc2O1. The third kappa shape index (κ3) is 3.12. The summed E-state index contributed by atoms with van der Waals surface area (Å²) in [7, 11) is 0. The van der Waals surface area contributed by atoms with E-state index in [-0.39, 0.29) is 29.3 Å². The molecule has 2 aliphatic heterocycles. The molecular formula is C24H20F2N2O2. The Bertz CT molecular complexity index is 1180. The van der Waals surface area contributed by atoms with Crippen LogP contribution in [0.25, 0.3) is 11.3 Å². The van der Waals surface area contributed by atoms with Crippen LogP contribution in [0.3, 0.4) is 0 Å². The fourth-order valence-electron chi connectivity index (χ4n) is 4.29. The summed E-state index contributed by atoms with van der Waals surface area (Å²) in [5, 5.41) is 2.76. The van der Waals surface area contributed by atoms with Crippen molar-refractivity contribution in [1.82, 2.24) is 10.3 Å². The van der Waals surface area contributed by atoms with Crippen molar-refractivity contribution in [3.05, 3.63) is 82.0 Å². The second-order valence-corrected chi connectivity index (χ2v) is 8.43. The molecule has 0 unspecified atom stereocenters. The Morgan fingerprint density at radius 2 is 1.87 bits per heavy atom. The summed E-state index contributed by atoms with van der Waals surface area (Å²) < 4.78 is 34.8. The lowest BCUT2D eigenvalue weighted by Crippen LogP contribution is -2.24. The molecule has 5 rings (SSSR count).